The van der Waals surface area contributed by atoms with Crippen LogP contribution in [0.4, 0.5) is 0 Å². The van der Waals surface area contributed by atoms with Crippen molar-refractivity contribution < 1.29 is 9.63 Å². The van der Waals surface area contributed by atoms with Crippen LogP contribution in [0.5, 0.6) is 0 Å². The van der Waals surface area contributed by atoms with Crippen LogP contribution in [-0.4, -0.2) is 11.9 Å². The molecule has 0 aromatic carbocycles. The SMILES string of the molecule is CCCCCC(=O)ON=C(N)N.Cl. The summed E-state index contributed by atoms with van der Waals surface area (Å²) in [5, 5.41) is 3.13. The Morgan fingerprint density at radius 1 is 1.38 bits per heavy atom. The van der Waals surface area contributed by atoms with Gasteiger partial charge in [0.1, 0.15) is 0 Å². The molecule has 0 aromatic rings. The molecular weight excluding hydrogens is 194 g/mol. The number of oxime groups is 1. The number of nitrogens with zero attached hydrogens (tertiary/aromatic N) is 1. The zero-order chi connectivity index (χ0) is 9.40. The van der Waals surface area contributed by atoms with E-state index in [1.54, 1.807) is 0 Å². The fourth-order valence-corrected chi connectivity index (χ4v) is 0.669. The van der Waals surface area contributed by atoms with Crippen molar-refractivity contribution in [3.63, 3.8) is 0 Å². The van der Waals surface area contributed by atoms with E-state index >= 15 is 0 Å². The Kier molecular flexibility index (Phi) is 10.2. The van der Waals surface area contributed by atoms with E-state index in [-0.39, 0.29) is 18.4 Å². The molecule has 0 aliphatic rings. The molecule has 0 bridgehead atoms. The highest BCUT2D eigenvalue weighted by atomic mass is 35.5. The van der Waals surface area contributed by atoms with E-state index in [0.29, 0.717) is 6.42 Å². The van der Waals surface area contributed by atoms with Crippen LogP contribution in [0.15, 0.2) is 5.16 Å². The molecule has 0 atom stereocenters. The van der Waals surface area contributed by atoms with E-state index in [9.17, 15) is 4.79 Å². The summed E-state index contributed by atoms with van der Waals surface area (Å²) in [5.41, 5.74) is 9.89. The minimum Gasteiger partial charge on any atom is -0.367 e. The topological polar surface area (TPSA) is 90.7 Å². The first kappa shape index (κ1) is 14.5. The van der Waals surface area contributed by atoms with E-state index in [2.05, 4.69) is 16.9 Å². The lowest BCUT2D eigenvalue weighted by molar-refractivity contribution is -0.143. The van der Waals surface area contributed by atoms with Crippen molar-refractivity contribution in [3.05, 3.63) is 0 Å². The van der Waals surface area contributed by atoms with Gasteiger partial charge in [-0.1, -0.05) is 19.8 Å². The Bertz CT molecular complexity index is 169. The molecule has 0 fully saturated rings. The molecule has 0 radical (unpaired) electrons. The number of guanidine groups is 1. The number of rotatable bonds is 5. The van der Waals surface area contributed by atoms with Crippen LogP contribution in [0.2, 0.25) is 0 Å². The maximum Gasteiger partial charge on any atom is 0.335 e. The first-order chi connectivity index (χ1) is 5.66. The molecule has 0 heterocycles. The van der Waals surface area contributed by atoms with Crippen LogP contribution in [-0.2, 0) is 9.63 Å². The molecule has 0 aliphatic heterocycles. The highest BCUT2D eigenvalue weighted by molar-refractivity contribution is 5.85. The van der Waals surface area contributed by atoms with Crippen LogP contribution in [0.3, 0.4) is 0 Å². The van der Waals surface area contributed by atoms with Gasteiger partial charge in [-0.2, -0.15) is 0 Å². The van der Waals surface area contributed by atoms with Gasteiger partial charge in [0, 0.05) is 6.42 Å². The monoisotopic (exact) mass is 209 g/mol. The summed E-state index contributed by atoms with van der Waals surface area (Å²) in [5.74, 6) is -0.629. The third kappa shape index (κ3) is 11.0. The predicted octanol–water partition coefficient (Wildman–Crippen LogP) is 0.720. The average molecular weight is 210 g/mol. The molecule has 0 rings (SSSR count). The maximum atomic E-state index is 10.8. The molecule has 0 saturated carbocycles. The number of nitrogens with two attached hydrogens (primary N) is 2. The molecule has 0 aromatic heterocycles. The van der Waals surface area contributed by atoms with Gasteiger partial charge >= 0.3 is 5.97 Å². The van der Waals surface area contributed by atoms with Crippen LogP contribution in [0, 0.1) is 0 Å². The normalized spacial score (nSPS) is 8.38. The predicted molar refractivity (Wildman–Crippen MR) is 53.3 cm³/mol. The van der Waals surface area contributed by atoms with E-state index in [1.165, 1.54) is 0 Å². The summed E-state index contributed by atoms with van der Waals surface area (Å²) in [6.45, 7) is 2.06. The smallest absolute Gasteiger partial charge is 0.335 e. The third-order valence-corrected chi connectivity index (χ3v) is 1.24. The first-order valence-electron chi connectivity index (χ1n) is 3.95. The molecule has 0 amide bonds. The lowest BCUT2D eigenvalue weighted by Gasteiger charge is -1.96. The Balaban J connectivity index is 0. The van der Waals surface area contributed by atoms with E-state index in [0.717, 1.165) is 19.3 Å². The molecule has 5 nitrogen and oxygen atoms in total. The van der Waals surface area contributed by atoms with Gasteiger partial charge < -0.3 is 16.3 Å². The Labute approximate surface area is 83.9 Å². The van der Waals surface area contributed by atoms with E-state index < -0.39 is 5.97 Å². The van der Waals surface area contributed by atoms with Crippen molar-refractivity contribution in [2.24, 2.45) is 16.6 Å². The number of carbonyl (C=O) groups excluding carboxylic acids is 1. The molecule has 78 valence electrons. The molecule has 0 aliphatic carbocycles. The van der Waals surface area contributed by atoms with Crippen LogP contribution >= 0.6 is 12.4 Å². The van der Waals surface area contributed by atoms with Gasteiger partial charge in [-0.25, -0.2) is 4.79 Å². The Morgan fingerprint density at radius 3 is 2.46 bits per heavy atom. The van der Waals surface area contributed by atoms with Gasteiger partial charge in [0.2, 0.25) is 5.96 Å². The van der Waals surface area contributed by atoms with Crippen molar-refractivity contribution in [2.45, 2.75) is 32.6 Å². The van der Waals surface area contributed by atoms with E-state index in [4.69, 9.17) is 11.5 Å². The van der Waals surface area contributed by atoms with Crippen molar-refractivity contribution in [3.8, 4) is 0 Å². The molecule has 4 N–H and O–H groups in total. The van der Waals surface area contributed by atoms with Crippen LogP contribution in [0.1, 0.15) is 32.6 Å². The lowest BCUT2D eigenvalue weighted by atomic mass is 10.2. The third-order valence-electron chi connectivity index (χ3n) is 1.24. The number of hydrogen-bond donors (Lipinski definition) is 2. The zero-order valence-electron chi connectivity index (χ0n) is 7.66. The molecule has 0 saturated heterocycles. The highest BCUT2D eigenvalue weighted by Gasteiger charge is 2.00. The summed E-state index contributed by atoms with van der Waals surface area (Å²) in [6.07, 6.45) is 3.26. The fourth-order valence-electron chi connectivity index (χ4n) is 0.669. The summed E-state index contributed by atoms with van der Waals surface area (Å²) in [6, 6.07) is 0. The van der Waals surface area contributed by atoms with Gasteiger partial charge in [-0.15, -0.1) is 12.4 Å². The largest absolute Gasteiger partial charge is 0.367 e. The summed E-state index contributed by atoms with van der Waals surface area (Å²) in [7, 11) is 0. The Morgan fingerprint density at radius 2 is 2.00 bits per heavy atom. The standard InChI is InChI=1S/C7H15N3O2.ClH/c1-2-3-4-5-6(11)12-10-7(8)9;/h2-5H2,1H3,(H4,8,9,10);1H. The highest BCUT2D eigenvalue weighted by Crippen LogP contribution is 2.00. The minimum atomic E-state index is -0.392. The number of carbonyl (C=O) groups is 1. The second-order valence-electron chi connectivity index (χ2n) is 2.44. The quantitative estimate of drug-likeness (QED) is 0.230. The van der Waals surface area contributed by atoms with Crippen LogP contribution < -0.4 is 11.5 Å². The number of halogens is 1. The minimum absolute atomic E-state index is 0. The van der Waals surface area contributed by atoms with Gasteiger partial charge in [0.25, 0.3) is 0 Å². The molecular formula is C7H16ClN3O2. The average Bonchev–Trinajstić information content (AvgIpc) is 2.01. The lowest BCUT2D eigenvalue weighted by Crippen LogP contribution is -2.23. The second kappa shape index (κ2) is 9.12. The molecule has 0 unspecified atom stereocenters. The first-order valence-corrected chi connectivity index (χ1v) is 3.95. The van der Waals surface area contributed by atoms with Crippen molar-refractivity contribution in [1.82, 2.24) is 0 Å². The van der Waals surface area contributed by atoms with Gasteiger partial charge in [-0.05, 0) is 11.6 Å². The zero-order valence-corrected chi connectivity index (χ0v) is 8.47. The molecule has 6 heteroatoms. The van der Waals surface area contributed by atoms with Gasteiger partial charge in [0.05, 0.1) is 0 Å². The molecule has 13 heavy (non-hydrogen) atoms. The summed E-state index contributed by atoms with van der Waals surface area (Å²) >= 11 is 0. The van der Waals surface area contributed by atoms with Gasteiger partial charge in [0.15, 0.2) is 0 Å². The van der Waals surface area contributed by atoms with Crippen LogP contribution in [0.25, 0.3) is 0 Å². The maximum absolute atomic E-state index is 10.8. The fraction of sp³-hybridized carbons (Fsp3) is 0.714. The second-order valence-corrected chi connectivity index (χ2v) is 2.44. The van der Waals surface area contributed by atoms with Gasteiger partial charge in [-0.3, -0.25) is 0 Å². The summed E-state index contributed by atoms with van der Waals surface area (Å²) in [4.78, 5) is 15.1. The van der Waals surface area contributed by atoms with Crippen molar-refractivity contribution in [2.75, 3.05) is 0 Å². The summed E-state index contributed by atoms with van der Waals surface area (Å²) < 4.78 is 0. The van der Waals surface area contributed by atoms with Crippen molar-refractivity contribution in [1.29, 1.82) is 0 Å². The number of unbranched alkanes of at least 4 members (excludes halogenated alkanes) is 2. The number of hydrogen-bond acceptors (Lipinski definition) is 3. The molecule has 0 spiro atoms. The Hall–Kier alpha value is -0.970. The van der Waals surface area contributed by atoms with Crippen molar-refractivity contribution >= 4 is 24.3 Å². The van der Waals surface area contributed by atoms with E-state index in [1.807, 2.05) is 0 Å².